The van der Waals surface area contributed by atoms with E-state index < -0.39 is 0 Å². The molecule has 0 radical (unpaired) electrons. The Morgan fingerprint density at radius 2 is 2.17 bits per heavy atom. The van der Waals surface area contributed by atoms with Crippen LogP contribution < -0.4 is 5.32 Å². The summed E-state index contributed by atoms with van der Waals surface area (Å²) in [6.07, 6.45) is 5.14. The van der Waals surface area contributed by atoms with Crippen molar-refractivity contribution in [2.24, 2.45) is 0 Å². The fourth-order valence-electron chi connectivity index (χ4n) is 2.38. The fraction of sp³-hybridized carbons (Fsp3) is 0.444. The molecule has 0 aliphatic heterocycles. The van der Waals surface area contributed by atoms with Crippen LogP contribution in [0.4, 0.5) is 0 Å². The number of aliphatic hydroxyl groups excluding tert-OH is 1. The summed E-state index contributed by atoms with van der Waals surface area (Å²) in [6.45, 7) is 6.28. The van der Waals surface area contributed by atoms with Crippen LogP contribution in [0.1, 0.15) is 30.9 Å². The zero-order valence-electron chi connectivity index (χ0n) is 14.5. The molecule has 1 unspecified atom stereocenters. The van der Waals surface area contributed by atoms with Gasteiger partial charge in [-0.1, -0.05) is 17.8 Å². The summed E-state index contributed by atoms with van der Waals surface area (Å²) < 4.78 is 2.00. The summed E-state index contributed by atoms with van der Waals surface area (Å²) >= 11 is 1.42. The molecular weight excluding hydrogens is 322 g/mol. The van der Waals surface area contributed by atoms with Gasteiger partial charge in [0.15, 0.2) is 5.16 Å². The number of hydrogen-bond acceptors (Lipinski definition) is 4. The Morgan fingerprint density at radius 1 is 1.38 bits per heavy atom. The highest BCUT2D eigenvalue weighted by molar-refractivity contribution is 7.99. The first-order valence-electron chi connectivity index (χ1n) is 8.15. The van der Waals surface area contributed by atoms with Crippen molar-refractivity contribution in [2.45, 2.75) is 44.8 Å². The lowest BCUT2D eigenvalue weighted by atomic mass is 10.1. The Morgan fingerprint density at radius 3 is 2.88 bits per heavy atom. The van der Waals surface area contributed by atoms with Crippen LogP contribution in [0.15, 0.2) is 35.7 Å². The van der Waals surface area contributed by atoms with Crippen molar-refractivity contribution >= 4 is 17.7 Å². The number of nitrogens with zero attached hydrogens (tertiary/aromatic N) is 2. The molecule has 0 bridgehead atoms. The van der Waals surface area contributed by atoms with Crippen LogP contribution in [0.25, 0.3) is 5.69 Å². The fourth-order valence-corrected chi connectivity index (χ4v) is 3.17. The summed E-state index contributed by atoms with van der Waals surface area (Å²) in [5, 5.41) is 12.6. The number of carbonyl (C=O) groups is 1. The Labute approximate surface area is 147 Å². The van der Waals surface area contributed by atoms with E-state index in [4.69, 9.17) is 5.11 Å². The maximum atomic E-state index is 12.0. The Hall–Kier alpha value is -1.79. The van der Waals surface area contributed by atoms with Gasteiger partial charge < -0.3 is 10.4 Å². The smallest absolute Gasteiger partial charge is 0.230 e. The highest BCUT2D eigenvalue weighted by Crippen LogP contribution is 2.22. The van der Waals surface area contributed by atoms with Crippen molar-refractivity contribution in [3.63, 3.8) is 0 Å². The summed E-state index contributed by atoms with van der Waals surface area (Å²) in [5.41, 5.74) is 3.53. The maximum Gasteiger partial charge on any atom is 0.230 e. The van der Waals surface area contributed by atoms with Gasteiger partial charge in [-0.2, -0.15) is 0 Å². The first-order valence-corrected chi connectivity index (χ1v) is 9.14. The van der Waals surface area contributed by atoms with Crippen LogP contribution in [0.2, 0.25) is 0 Å². The molecule has 0 aliphatic carbocycles. The largest absolute Gasteiger partial charge is 0.396 e. The van der Waals surface area contributed by atoms with Gasteiger partial charge in [0, 0.05) is 30.7 Å². The predicted molar refractivity (Wildman–Crippen MR) is 97.7 cm³/mol. The zero-order valence-corrected chi connectivity index (χ0v) is 15.3. The van der Waals surface area contributed by atoms with E-state index in [1.165, 1.54) is 22.9 Å². The van der Waals surface area contributed by atoms with Crippen LogP contribution in [0, 0.1) is 13.8 Å². The van der Waals surface area contributed by atoms with Crippen LogP contribution in [-0.2, 0) is 4.79 Å². The third kappa shape index (κ3) is 5.11. The van der Waals surface area contributed by atoms with E-state index >= 15 is 0 Å². The topological polar surface area (TPSA) is 67.2 Å². The number of carbonyl (C=O) groups excluding carboxylic acids is 1. The monoisotopic (exact) mass is 347 g/mol. The van der Waals surface area contributed by atoms with Gasteiger partial charge in [-0.3, -0.25) is 9.36 Å². The quantitative estimate of drug-likeness (QED) is 0.721. The molecule has 5 nitrogen and oxygen atoms in total. The minimum atomic E-state index is -0.0138. The minimum Gasteiger partial charge on any atom is -0.396 e. The van der Waals surface area contributed by atoms with Gasteiger partial charge in [-0.15, -0.1) is 0 Å². The van der Waals surface area contributed by atoms with Gasteiger partial charge in [-0.05, 0) is 56.9 Å². The molecule has 0 fully saturated rings. The minimum absolute atomic E-state index is 0.0138. The summed E-state index contributed by atoms with van der Waals surface area (Å²) in [7, 11) is 0. The second-order valence-electron chi connectivity index (χ2n) is 5.97. The standard InChI is InChI=1S/C18H25N3O2S/c1-13-6-7-16(11-14(13)2)21-9-8-19-18(21)24-12-17(23)20-15(3)5-4-10-22/h6-9,11,15,22H,4-5,10,12H2,1-3H3,(H,20,23). The lowest BCUT2D eigenvalue weighted by molar-refractivity contribution is -0.119. The molecule has 0 aliphatic rings. The van der Waals surface area contributed by atoms with Crippen LogP contribution in [0.3, 0.4) is 0 Å². The van der Waals surface area contributed by atoms with Gasteiger partial charge in [0.05, 0.1) is 5.75 Å². The molecule has 2 N–H and O–H groups in total. The Kier molecular flexibility index (Phi) is 6.87. The molecule has 0 spiro atoms. The SMILES string of the molecule is Cc1ccc(-n2ccnc2SCC(=O)NC(C)CCCO)cc1C. The molecule has 1 aromatic heterocycles. The van der Waals surface area contributed by atoms with Crippen molar-refractivity contribution in [3.05, 3.63) is 41.7 Å². The molecular formula is C18H25N3O2S. The molecule has 2 aromatic rings. The average molecular weight is 347 g/mol. The van der Waals surface area contributed by atoms with Crippen molar-refractivity contribution in [2.75, 3.05) is 12.4 Å². The highest BCUT2D eigenvalue weighted by atomic mass is 32.2. The molecule has 1 heterocycles. The molecule has 0 saturated carbocycles. The van der Waals surface area contributed by atoms with E-state index in [2.05, 4.69) is 42.3 Å². The number of imidazole rings is 1. The number of thioether (sulfide) groups is 1. The number of nitrogens with one attached hydrogen (secondary N) is 1. The van der Waals surface area contributed by atoms with E-state index in [0.29, 0.717) is 12.2 Å². The first kappa shape index (κ1) is 18.5. The number of aryl methyl sites for hydroxylation is 2. The van der Waals surface area contributed by atoms with Crippen molar-refractivity contribution in [3.8, 4) is 5.69 Å². The van der Waals surface area contributed by atoms with E-state index in [-0.39, 0.29) is 18.6 Å². The number of amides is 1. The zero-order chi connectivity index (χ0) is 17.5. The molecule has 2 rings (SSSR count). The second-order valence-corrected chi connectivity index (χ2v) is 6.91. The summed E-state index contributed by atoms with van der Waals surface area (Å²) in [4.78, 5) is 16.4. The number of rotatable bonds is 8. The van der Waals surface area contributed by atoms with Crippen molar-refractivity contribution in [1.29, 1.82) is 0 Å². The molecule has 6 heteroatoms. The lowest BCUT2D eigenvalue weighted by Gasteiger charge is -2.13. The van der Waals surface area contributed by atoms with Gasteiger partial charge in [0.25, 0.3) is 0 Å². The number of aromatic nitrogens is 2. The van der Waals surface area contributed by atoms with E-state index in [9.17, 15) is 4.79 Å². The molecule has 0 saturated heterocycles. The normalized spacial score (nSPS) is 12.2. The molecule has 130 valence electrons. The van der Waals surface area contributed by atoms with E-state index in [0.717, 1.165) is 17.3 Å². The van der Waals surface area contributed by atoms with Crippen LogP contribution >= 0.6 is 11.8 Å². The van der Waals surface area contributed by atoms with Crippen LogP contribution in [0.5, 0.6) is 0 Å². The Balaban J connectivity index is 1.96. The van der Waals surface area contributed by atoms with Crippen LogP contribution in [-0.4, -0.2) is 39.0 Å². The lowest BCUT2D eigenvalue weighted by Crippen LogP contribution is -2.34. The van der Waals surface area contributed by atoms with Crippen molar-refractivity contribution < 1.29 is 9.90 Å². The van der Waals surface area contributed by atoms with Gasteiger partial charge in [0.1, 0.15) is 0 Å². The molecule has 1 amide bonds. The highest BCUT2D eigenvalue weighted by Gasteiger charge is 2.11. The van der Waals surface area contributed by atoms with Gasteiger partial charge in [-0.25, -0.2) is 4.98 Å². The summed E-state index contributed by atoms with van der Waals surface area (Å²) in [6, 6.07) is 6.35. The second kappa shape index (κ2) is 8.89. The molecule has 24 heavy (non-hydrogen) atoms. The molecule has 1 aromatic carbocycles. The average Bonchev–Trinajstić information content (AvgIpc) is 3.02. The van der Waals surface area contributed by atoms with Crippen molar-refractivity contribution in [1.82, 2.24) is 14.9 Å². The summed E-state index contributed by atoms with van der Waals surface area (Å²) in [5.74, 6) is 0.311. The van der Waals surface area contributed by atoms with E-state index in [1.807, 2.05) is 17.7 Å². The number of aliphatic hydroxyl groups is 1. The third-order valence-corrected chi connectivity index (χ3v) is 4.88. The Bertz CT molecular complexity index is 685. The van der Waals surface area contributed by atoms with E-state index in [1.54, 1.807) is 6.20 Å². The third-order valence-electron chi connectivity index (χ3n) is 3.91. The number of benzene rings is 1. The van der Waals surface area contributed by atoms with Gasteiger partial charge >= 0.3 is 0 Å². The first-order chi connectivity index (χ1) is 11.5. The maximum absolute atomic E-state index is 12.0. The van der Waals surface area contributed by atoms with Gasteiger partial charge in [0.2, 0.25) is 5.91 Å². The number of hydrogen-bond donors (Lipinski definition) is 2. The molecule has 1 atom stereocenters. The predicted octanol–water partition coefficient (Wildman–Crippen LogP) is 2.86.